The molecule has 6 heteroatoms. The molecule has 1 atom stereocenters. The number of hydrogen-bond donors (Lipinski definition) is 1. The van der Waals surface area contributed by atoms with Crippen molar-refractivity contribution in [1.29, 1.82) is 0 Å². The third-order valence-electron chi connectivity index (χ3n) is 3.46. The average Bonchev–Trinajstić information content (AvgIpc) is 3.09. The fourth-order valence-electron chi connectivity index (χ4n) is 2.50. The summed E-state index contributed by atoms with van der Waals surface area (Å²) in [7, 11) is 0. The summed E-state index contributed by atoms with van der Waals surface area (Å²) in [5.41, 5.74) is 1.05. The molecule has 1 N–H and O–H groups in total. The normalized spacial score (nSPS) is 19.6. The number of imidazole rings is 1. The molecule has 1 fully saturated rings. The van der Waals surface area contributed by atoms with Gasteiger partial charge < -0.3 is 14.3 Å². The molecule has 0 aromatic carbocycles. The highest BCUT2D eigenvalue weighted by Gasteiger charge is 2.28. The predicted molar refractivity (Wildman–Crippen MR) is 67.7 cm³/mol. The maximum Gasteiger partial charge on any atom is 0.291 e. The van der Waals surface area contributed by atoms with Gasteiger partial charge in [-0.15, -0.1) is 0 Å². The number of piperidine rings is 1. The Bertz CT molecular complexity index is 561. The van der Waals surface area contributed by atoms with Crippen molar-refractivity contribution in [3.63, 3.8) is 0 Å². The smallest absolute Gasteiger partial charge is 0.291 e. The van der Waals surface area contributed by atoms with Gasteiger partial charge in [0.2, 0.25) is 5.76 Å². The zero-order valence-electron chi connectivity index (χ0n) is 10.8. The van der Waals surface area contributed by atoms with Crippen LogP contribution in [0, 0.1) is 6.92 Å². The molecule has 0 spiro atoms. The molecule has 6 nitrogen and oxygen atoms in total. The molecule has 2 aromatic heterocycles. The molecule has 2 aromatic rings. The van der Waals surface area contributed by atoms with Crippen LogP contribution in [0.25, 0.3) is 0 Å². The molecule has 1 amide bonds. The Kier molecular flexibility index (Phi) is 3.06. The van der Waals surface area contributed by atoms with Crippen LogP contribution in [-0.4, -0.2) is 38.8 Å². The van der Waals surface area contributed by atoms with E-state index in [9.17, 15) is 4.79 Å². The van der Waals surface area contributed by atoms with Crippen molar-refractivity contribution >= 4 is 5.91 Å². The maximum absolute atomic E-state index is 12.2. The number of oxazole rings is 1. The van der Waals surface area contributed by atoms with Gasteiger partial charge in [0, 0.05) is 30.9 Å². The Morgan fingerprint density at radius 3 is 3.11 bits per heavy atom. The van der Waals surface area contributed by atoms with Gasteiger partial charge in [-0.1, -0.05) is 0 Å². The molecular formula is C13H16N4O2. The van der Waals surface area contributed by atoms with E-state index in [1.165, 1.54) is 12.6 Å². The average molecular weight is 260 g/mol. The standard InChI is InChI=1S/C13H16N4O2/c1-9-5-15-12(16-9)10-3-2-4-17(7-10)13(18)11-6-14-8-19-11/h5-6,8,10H,2-4,7H2,1H3,(H,15,16)/t10-/m0/s1. The van der Waals surface area contributed by atoms with E-state index in [0.717, 1.165) is 30.9 Å². The molecule has 0 aliphatic carbocycles. The maximum atomic E-state index is 12.2. The lowest BCUT2D eigenvalue weighted by Crippen LogP contribution is -2.39. The Morgan fingerprint density at radius 2 is 2.42 bits per heavy atom. The van der Waals surface area contributed by atoms with Gasteiger partial charge in [0.1, 0.15) is 5.82 Å². The first-order valence-corrected chi connectivity index (χ1v) is 6.43. The monoisotopic (exact) mass is 260 g/mol. The minimum absolute atomic E-state index is 0.0921. The summed E-state index contributed by atoms with van der Waals surface area (Å²) in [5.74, 6) is 1.45. The van der Waals surface area contributed by atoms with E-state index in [1.54, 1.807) is 0 Å². The Hall–Kier alpha value is -2.11. The quantitative estimate of drug-likeness (QED) is 0.892. The minimum atomic E-state index is -0.0921. The van der Waals surface area contributed by atoms with Gasteiger partial charge in [-0.3, -0.25) is 4.79 Å². The number of carbonyl (C=O) groups is 1. The molecule has 100 valence electrons. The van der Waals surface area contributed by atoms with Crippen molar-refractivity contribution in [2.24, 2.45) is 0 Å². The Balaban J connectivity index is 1.73. The van der Waals surface area contributed by atoms with Gasteiger partial charge in [0.05, 0.1) is 6.20 Å². The lowest BCUT2D eigenvalue weighted by Gasteiger charge is -2.31. The van der Waals surface area contributed by atoms with Crippen LogP contribution in [0.4, 0.5) is 0 Å². The molecule has 0 radical (unpaired) electrons. The number of aromatic nitrogens is 3. The van der Waals surface area contributed by atoms with Gasteiger partial charge >= 0.3 is 0 Å². The summed E-state index contributed by atoms with van der Waals surface area (Å²) >= 11 is 0. The van der Waals surface area contributed by atoms with E-state index in [4.69, 9.17) is 4.42 Å². The predicted octanol–water partition coefficient (Wildman–Crippen LogP) is 1.73. The van der Waals surface area contributed by atoms with Gasteiger partial charge in [-0.2, -0.15) is 0 Å². The number of H-pyrrole nitrogens is 1. The number of nitrogens with zero attached hydrogens (tertiary/aromatic N) is 3. The fraction of sp³-hybridized carbons (Fsp3) is 0.462. The van der Waals surface area contributed by atoms with Gasteiger partial charge in [-0.05, 0) is 19.8 Å². The molecule has 0 saturated carbocycles. The van der Waals surface area contributed by atoms with Crippen LogP contribution in [0.2, 0.25) is 0 Å². The molecule has 3 rings (SSSR count). The van der Waals surface area contributed by atoms with Crippen molar-refractivity contribution in [1.82, 2.24) is 19.9 Å². The molecule has 1 aliphatic heterocycles. The number of likely N-dealkylation sites (tertiary alicyclic amines) is 1. The number of aryl methyl sites for hydroxylation is 1. The van der Waals surface area contributed by atoms with E-state index in [2.05, 4.69) is 15.0 Å². The second-order valence-corrected chi connectivity index (χ2v) is 4.91. The SMILES string of the molecule is Cc1cnc([C@H]2CCCN(C(=O)c3cnco3)C2)[nH]1. The third kappa shape index (κ3) is 2.38. The highest BCUT2D eigenvalue weighted by molar-refractivity contribution is 5.91. The summed E-state index contributed by atoms with van der Waals surface area (Å²) in [6, 6.07) is 0. The molecular weight excluding hydrogens is 244 g/mol. The number of rotatable bonds is 2. The Morgan fingerprint density at radius 1 is 1.53 bits per heavy atom. The highest BCUT2D eigenvalue weighted by atomic mass is 16.3. The van der Waals surface area contributed by atoms with Crippen LogP contribution in [0.1, 0.15) is 40.8 Å². The summed E-state index contributed by atoms with van der Waals surface area (Å²) in [4.78, 5) is 25.4. The topological polar surface area (TPSA) is 75.0 Å². The number of amides is 1. The first-order chi connectivity index (χ1) is 9.24. The molecule has 3 heterocycles. The van der Waals surface area contributed by atoms with E-state index >= 15 is 0 Å². The molecule has 0 bridgehead atoms. The van der Waals surface area contributed by atoms with Gasteiger partial charge in [0.25, 0.3) is 5.91 Å². The minimum Gasteiger partial charge on any atom is -0.438 e. The summed E-state index contributed by atoms with van der Waals surface area (Å²) in [5, 5.41) is 0. The summed E-state index contributed by atoms with van der Waals surface area (Å²) in [6.07, 6.45) is 6.59. The van der Waals surface area contributed by atoms with E-state index in [0.29, 0.717) is 12.3 Å². The van der Waals surface area contributed by atoms with Crippen molar-refractivity contribution in [3.05, 3.63) is 36.1 Å². The number of hydrogen-bond acceptors (Lipinski definition) is 4. The van der Waals surface area contributed by atoms with Crippen molar-refractivity contribution in [2.75, 3.05) is 13.1 Å². The van der Waals surface area contributed by atoms with Crippen LogP contribution in [-0.2, 0) is 0 Å². The van der Waals surface area contributed by atoms with Gasteiger partial charge in [0.15, 0.2) is 6.39 Å². The van der Waals surface area contributed by atoms with E-state index in [-0.39, 0.29) is 11.8 Å². The first kappa shape index (κ1) is 12.0. The fourth-order valence-corrected chi connectivity index (χ4v) is 2.50. The van der Waals surface area contributed by atoms with Crippen LogP contribution in [0.3, 0.4) is 0 Å². The van der Waals surface area contributed by atoms with E-state index in [1.807, 2.05) is 18.0 Å². The third-order valence-corrected chi connectivity index (χ3v) is 3.46. The molecule has 1 aliphatic rings. The van der Waals surface area contributed by atoms with Crippen LogP contribution >= 0.6 is 0 Å². The highest BCUT2D eigenvalue weighted by Crippen LogP contribution is 2.25. The van der Waals surface area contributed by atoms with Crippen LogP contribution < -0.4 is 0 Å². The number of nitrogens with one attached hydrogen (secondary N) is 1. The largest absolute Gasteiger partial charge is 0.438 e. The molecule has 0 unspecified atom stereocenters. The Labute approximate surface area is 110 Å². The number of carbonyl (C=O) groups excluding carboxylic acids is 1. The van der Waals surface area contributed by atoms with Crippen molar-refractivity contribution in [2.45, 2.75) is 25.7 Å². The number of aromatic amines is 1. The summed E-state index contributed by atoms with van der Waals surface area (Å²) < 4.78 is 5.07. The van der Waals surface area contributed by atoms with E-state index < -0.39 is 0 Å². The second-order valence-electron chi connectivity index (χ2n) is 4.91. The van der Waals surface area contributed by atoms with Crippen molar-refractivity contribution in [3.8, 4) is 0 Å². The zero-order chi connectivity index (χ0) is 13.2. The summed E-state index contributed by atoms with van der Waals surface area (Å²) in [6.45, 7) is 3.42. The lowest BCUT2D eigenvalue weighted by molar-refractivity contribution is 0.0672. The zero-order valence-corrected chi connectivity index (χ0v) is 10.8. The van der Waals surface area contributed by atoms with Gasteiger partial charge in [-0.25, -0.2) is 9.97 Å². The first-order valence-electron chi connectivity index (χ1n) is 6.43. The second kappa shape index (κ2) is 4.87. The molecule has 19 heavy (non-hydrogen) atoms. The van der Waals surface area contributed by atoms with Crippen LogP contribution in [0.5, 0.6) is 0 Å². The molecule has 1 saturated heterocycles. The van der Waals surface area contributed by atoms with Crippen LogP contribution in [0.15, 0.2) is 23.2 Å². The van der Waals surface area contributed by atoms with Crippen molar-refractivity contribution < 1.29 is 9.21 Å². The lowest BCUT2D eigenvalue weighted by atomic mass is 9.97.